The normalized spacial score (nSPS) is 15.9. The van der Waals surface area contributed by atoms with Gasteiger partial charge in [-0.15, -0.1) is 0 Å². The van der Waals surface area contributed by atoms with Crippen LogP contribution >= 0.6 is 0 Å². The van der Waals surface area contributed by atoms with Crippen LogP contribution in [0.1, 0.15) is 60.3 Å². The number of aryl methyl sites for hydroxylation is 1. The number of rotatable bonds is 7. The molecule has 1 unspecified atom stereocenters. The molecule has 1 aliphatic rings. The molecule has 9 nitrogen and oxygen atoms in total. The number of pyridine rings is 1. The van der Waals surface area contributed by atoms with Crippen molar-refractivity contribution in [3.05, 3.63) is 93.2 Å². The van der Waals surface area contributed by atoms with Crippen LogP contribution in [0.15, 0.2) is 47.5 Å². The molecule has 41 heavy (non-hydrogen) atoms. The second-order valence-corrected chi connectivity index (χ2v) is 9.75. The highest BCUT2D eigenvalue weighted by molar-refractivity contribution is 5.96. The minimum absolute atomic E-state index is 0.0116. The Balaban J connectivity index is 1.60. The zero-order valence-corrected chi connectivity index (χ0v) is 22.2. The minimum Gasteiger partial charge on any atom is -0.493 e. The Labute approximate surface area is 231 Å². The first-order chi connectivity index (χ1) is 19.6. The molecular weight excluding hydrogens is 544 g/mol. The van der Waals surface area contributed by atoms with E-state index in [9.17, 15) is 32.3 Å². The molecule has 214 valence electrons. The fourth-order valence-corrected chi connectivity index (χ4v) is 5.22. The van der Waals surface area contributed by atoms with Crippen molar-refractivity contribution in [3.8, 4) is 17.4 Å². The number of carbonyl (C=O) groups excluding carboxylic acids is 1. The van der Waals surface area contributed by atoms with E-state index in [1.807, 2.05) is 6.92 Å². The van der Waals surface area contributed by atoms with Gasteiger partial charge in [0.15, 0.2) is 11.4 Å². The van der Waals surface area contributed by atoms with Gasteiger partial charge >= 0.3 is 0 Å². The Morgan fingerprint density at radius 3 is 2.46 bits per heavy atom. The number of aromatic hydroxyl groups is 1. The zero-order chi connectivity index (χ0) is 29.4. The molecule has 3 aromatic heterocycles. The molecule has 0 aliphatic carbocycles. The third kappa shape index (κ3) is 5.31. The second kappa shape index (κ2) is 11.1. The van der Waals surface area contributed by atoms with Crippen LogP contribution in [0.2, 0.25) is 0 Å². The predicted molar refractivity (Wildman–Crippen MR) is 139 cm³/mol. The van der Waals surface area contributed by atoms with Crippen molar-refractivity contribution < 1.29 is 27.5 Å². The lowest BCUT2D eigenvalue weighted by Gasteiger charge is -2.24. The molecule has 1 saturated heterocycles. The van der Waals surface area contributed by atoms with Crippen LogP contribution in [0.4, 0.5) is 17.6 Å². The Morgan fingerprint density at radius 1 is 1.10 bits per heavy atom. The summed E-state index contributed by atoms with van der Waals surface area (Å²) in [4.78, 5) is 36.9. The first-order valence-corrected chi connectivity index (χ1v) is 13.1. The van der Waals surface area contributed by atoms with Crippen LogP contribution < -0.4 is 5.56 Å². The van der Waals surface area contributed by atoms with E-state index >= 15 is 0 Å². The fourth-order valence-electron chi connectivity index (χ4n) is 5.22. The van der Waals surface area contributed by atoms with Gasteiger partial charge in [-0.25, -0.2) is 17.6 Å². The van der Waals surface area contributed by atoms with Gasteiger partial charge in [-0.2, -0.15) is 10.1 Å². The first-order valence-electron chi connectivity index (χ1n) is 13.1. The molecule has 0 spiro atoms. The van der Waals surface area contributed by atoms with Crippen LogP contribution in [0.25, 0.3) is 11.5 Å². The maximum atomic E-state index is 14.3. The summed E-state index contributed by atoms with van der Waals surface area (Å²) in [7, 11) is 0. The monoisotopic (exact) mass is 570 g/mol. The third-order valence-electron chi connectivity index (χ3n) is 7.17. The Hall–Kier alpha value is -4.55. The van der Waals surface area contributed by atoms with Gasteiger partial charge in [-0.05, 0) is 43.5 Å². The number of hydrogen-bond donors (Lipinski definition) is 1. The molecule has 1 fully saturated rings. The van der Waals surface area contributed by atoms with E-state index in [-0.39, 0.29) is 48.7 Å². The van der Waals surface area contributed by atoms with E-state index in [2.05, 4.69) is 15.1 Å². The molecule has 0 bridgehead atoms. The van der Waals surface area contributed by atoms with Crippen molar-refractivity contribution in [3.63, 3.8) is 0 Å². The molecule has 13 heteroatoms. The van der Waals surface area contributed by atoms with E-state index < -0.39 is 58.1 Å². The molecule has 4 aromatic rings. The average Bonchev–Trinajstić information content (AvgIpc) is 3.60. The maximum absolute atomic E-state index is 14.3. The van der Waals surface area contributed by atoms with Gasteiger partial charge < -0.3 is 10.0 Å². The topological polar surface area (TPSA) is 106 Å². The Kier molecular flexibility index (Phi) is 7.61. The summed E-state index contributed by atoms with van der Waals surface area (Å²) in [5, 5.41) is 15.3. The molecule has 0 radical (unpaired) electrons. The van der Waals surface area contributed by atoms with Crippen LogP contribution in [0.5, 0.6) is 5.88 Å². The Bertz CT molecular complexity index is 1670. The van der Waals surface area contributed by atoms with Crippen molar-refractivity contribution in [1.82, 2.24) is 29.2 Å². The molecular formula is C28H26F4N6O3. The lowest BCUT2D eigenvalue weighted by atomic mass is 10.0. The number of nitrogens with zero attached hydrogens (tertiary/aromatic N) is 6. The quantitative estimate of drug-likeness (QED) is 0.330. The van der Waals surface area contributed by atoms with Gasteiger partial charge in [0.25, 0.3) is 11.5 Å². The number of aromatic nitrogens is 5. The number of hydrogen-bond acceptors (Lipinski definition) is 6. The largest absolute Gasteiger partial charge is 0.493 e. The molecule has 1 amide bonds. The molecule has 4 heterocycles. The van der Waals surface area contributed by atoms with Gasteiger partial charge in [-0.3, -0.25) is 23.8 Å². The summed E-state index contributed by atoms with van der Waals surface area (Å²) in [5.41, 5.74) is -1.27. The summed E-state index contributed by atoms with van der Waals surface area (Å²) >= 11 is 0. The molecule has 2 atom stereocenters. The summed E-state index contributed by atoms with van der Waals surface area (Å²) < 4.78 is 58.8. The molecule has 0 saturated carbocycles. The zero-order valence-electron chi connectivity index (χ0n) is 22.2. The van der Waals surface area contributed by atoms with Gasteiger partial charge in [0, 0.05) is 43.9 Å². The van der Waals surface area contributed by atoms with E-state index in [1.54, 1.807) is 23.9 Å². The fraction of sp³-hybridized carbons (Fsp3) is 0.321. The van der Waals surface area contributed by atoms with Crippen molar-refractivity contribution in [2.45, 2.75) is 45.2 Å². The smallest absolute Gasteiger partial charge is 0.271 e. The molecule has 5 rings (SSSR count). The van der Waals surface area contributed by atoms with Gasteiger partial charge in [0.1, 0.15) is 29.0 Å². The lowest BCUT2D eigenvalue weighted by Crippen LogP contribution is -2.38. The van der Waals surface area contributed by atoms with E-state index in [4.69, 9.17) is 0 Å². The van der Waals surface area contributed by atoms with Gasteiger partial charge in [0.2, 0.25) is 5.88 Å². The molecule has 1 N–H and O–H groups in total. The highest BCUT2D eigenvalue weighted by atomic mass is 19.1. The average molecular weight is 571 g/mol. The summed E-state index contributed by atoms with van der Waals surface area (Å²) in [5.74, 6) is -5.73. The number of amides is 1. The summed E-state index contributed by atoms with van der Waals surface area (Å²) in [6.45, 7) is 4.10. The third-order valence-corrected chi connectivity index (χ3v) is 7.17. The van der Waals surface area contributed by atoms with Crippen LogP contribution in [0, 0.1) is 23.3 Å². The van der Waals surface area contributed by atoms with E-state index in [1.165, 1.54) is 4.90 Å². The van der Waals surface area contributed by atoms with Crippen LogP contribution in [-0.2, 0) is 6.54 Å². The predicted octanol–water partition coefficient (Wildman–Crippen LogP) is 4.41. The summed E-state index contributed by atoms with van der Waals surface area (Å²) in [6, 6.07) is 4.17. The standard InChI is InChI=1S/C28H26F4N6O3/c1-3-22(16-9-17(29)11-18(30)10-16)38-25(21-6-8-37(4-2)35-21)34-26(39)23(28(38)41)27(40)36-7-5-15(14-36)24-20(32)12-19(31)13-33-24/h6,8-13,15,22,39H,3-5,7,14H2,1-2H3/t15?,22-/m0/s1. The van der Waals surface area contributed by atoms with E-state index in [0.29, 0.717) is 18.7 Å². The number of halogens is 4. The van der Waals surface area contributed by atoms with Crippen molar-refractivity contribution in [1.29, 1.82) is 0 Å². The lowest BCUT2D eigenvalue weighted by molar-refractivity contribution is 0.0783. The van der Waals surface area contributed by atoms with Gasteiger partial charge in [-0.1, -0.05) is 6.92 Å². The summed E-state index contributed by atoms with van der Waals surface area (Å²) in [6.07, 6.45) is 2.98. The minimum atomic E-state index is -0.974. The van der Waals surface area contributed by atoms with E-state index in [0.717, 1.165) is 22.9 Å². The SMILES string of the molecule is CC[C@@H](c1cc(F)cc(F)c1)n1c(-c2ccn(CC)n2)nc(O)c(C(=O)N2CCC(c3ncc(F)cc3F)C2)c1=O. The van der Waals surface area contributed by atoms with Gasteiger partial charge in [0.05, 0.1) is 17.9 Å². The number of carbonyl (C=O) groups is 1. The first kappa shape index (κ1) is 28.0. The number of likely N-dealkylation sites (tertiary alicyclic amines) is 1. The molecule has 1 aromatic carbocycles. The Morgan fingerprint density at radius 2 is 1.83 bits per heavy atom. The van der Waals surface area contributed by atoms with Crippen LogP contribution in [0.3, 0.4) is 0 Å². The highest BCUT2D eigenvalue weighted by Crippen LogP contribution is 2.32. The molecule has 1 aliphatic heterocycles. The van der Waals surface area contributed by atoms with Crippen molar-refractivity contribution in [2.24, 2.45) is 0 Å². The maximum Gasteiger partial charge on any atom is 0.271 e. The van der Waals surface area contributed by atoms with Crippen molar-refractivity contribution >= 4 is 5.91 Å². The highest BCUT2D eigenvalue weighted by Gasteiger charge is 2.35. The number of benzene rings is 1. The van der Waals surface area contributed by atoms with Crippen molar-refractivity contribution in [2.75, 3.05) is 13.1 Å². The second-order valence-electron chi connectivity index (χ2n) is 9.75. The van der Waals surface area contributed by atoms with Crippen LogP contribution in [-0.4, -0.2) is 53.3 Å².